The molecule has 3 rings (SSSR count). The van der Waals surface area contributed by atoms with Crippen LogP contribution >= 0.6 is 0 Å². The molecule has 2 heterocycles. The number of imide groups is 1. The van der Waals surface area contributed by atoms with Crippen molar-refractivity contribution in [2.45, 2.75) is 19.0 Å². The molecule has 3 amide bonds. The van der Waals surface area contributed by atoms with Crippen molar-refractivity contribution >= 4 is 11.9 Å². The molecule has 0 saturated carbocycles. The first-order valence-corrected chi connectivity index (χ1v) is 6.78. The highest BCUT2D eigenvalue weighted by molar-refractivity contribution is 6.07. The summed E-state index contributed by atoms with van der Waals surface area (Å²) in [5, 5.41) is 6.70. The van der Waals surface area contributed by atoms with Crippen molar-refractivity contribution in [3.63, 3.8) is 0 Å². The number of rotatable bonds is 3. The van der Waals surface area contributed by atoms with Crippen molar-refractivity contribution in [2.24, 2.45) is 7.05 Å². The van der Waals surface area contributed by atoms with Crippen LogP contribution in [0.25, 0.3) is 0 Å². The third-order valence-corrected chi connectivity index (χ3v) is 3.80. The van der Waals surface area contributed by atoms with Gasteiger partial charge in [-0.3, -0.25) is 14.4 Å². The Morgan fingerprint density at radius 1 is 1.27 bits per heavy atom. The van der Waals surface area contributed by atoms with E-state index in [0.717, 1.165) is 10.5 Å². The van der Waals surface area contributed by atoms with Crippen molar-refractivity contribution in [1.82, 2.24) is 20.0 Å². The van der Waals surface area contributed by atoms with Gasteiger partial charge in [0.05, 0.1) is 12.7 Å². The van der Waals surface area contributed by atoms with Gasteiger partial charge in [-0.25, -0.2) is 9.18 Å². The zero-order chi connectivity index (χ0) is 15.9. The molecule has 1 atom stereocenters. The summed E-state index contributed by atoms with van der Waals surface area (Å²) in [4.78, 5) is 25.9. The maximum absolute atomic E-state index is 13.0. The quantitative estimate of drug-likeness (QED) is 0.874. The zero-order valence-corrected chi connectivity index (χ0v) is 12.2. The van der Waals surface area contributed by atoms with E-state index in [-0.39, 0.29) is 12.5 Å². The number of urea groups is 1. The van der Waals surface area contributed by atoms with E-state index >= 15 is 0 Å². The Bertz CT molecular complexity index is 740. The van der Waals surface area contributed by atoms with Crippen LogP contribution in [0, 0.1) is 5.82 Å². The first kappa shape index (κ1) is 14.2. The van der Waals surface area contributed by atoms with Crippen LogP contribution in [0.2, 0.25) is 0 Å². The van der Waals surface area contributed by atoms with Gasteiger partial charge in [-0.1, -0.05) is 12.1 Å². The molecule has 6 nitrogen and oxygen atoms in total. The molecular formula is C15H15FN4O2. The summed E-state index contributed by atoms with van der Waals surface area (Å²) in [5.74, 6) is -0.760. The molecule has 0 radical (unpaired) electrons. The highest BCUT2D eigenvalue weighted by Gasteiger charge is 2.48. The van der Waals surface area contributed by atoms with Gasteiger partial charge < -0.3 is 5.32 Å². The predicted octanol–water partition coefficient (Wildman–Crippen LogP) is 1.53. The molecule has 1 aliphatic heterocycles. The molecule has 1 fully saturated rings. The molecule has 1 saturated heterocycles. The molecule has 22 heavy (non-hydrogen) atoms. The van der Waals surface area contributed by atoms with E-state index in [1.807, 2.05) is 0 Å². The Morgan fingerprint density at radius 3 is 2.55 bits per heavy atom. The Kier molecular flexibility index (Phi) is 3.20. The van der Waals surface area contributed by atoms with Crippen LogP contribution in [0.15, 0.2) is 36.7 Å². The molecule has 2 aromatic rings. The lowest BCUT2D eigenvalue weighted by atomic mass is 9.92. The number of carbonyl (C=O) groups is 2. The number of nitrogens with zero attached hydrogens (tertiary/aromatic N) is 3. The second-order valence-corrected chi connectivity index (χ2v) is 5.48. The van der Waals surface area contributed by atoms with Crippen molar-refractivity contribution in [2.75, 3.05) is 0 Å². The Hall–Kier alpha value is -2.70. The van der Waals surface area contributed by atoms with Crippen LogP contribution in [0.4, 0.5) is 9.18 Å². The molecule has 1 aromatic carbocycles. The van der Waals surface area contributed by atoms with Crippen LogP contribution in [-0.2, 0) is 23.9 Å². The second kappa shape index (κ2) is 4.94. The number of hydrogen-bond acceptors (Lipinski definition) is 3. The summed E-state index contributed by atoms with van der Waals surface area (Å²) < 4.78 is 14.7. The van der Waals surface area contributed by atoms with Gasteiger partial charge in [-0.2, -0.15) is 5.10 Å². The zero-order valence-electron chi connectivity index (χ0n) is 12.2. The van der Waals surface area contributed by atoms with Gasteiger partial charge in [0.25, 0.3) is 5.91 Å². The molecule has 1 N–H and O–H groups in total. The minimum atomic E-state index is -1.19. The number of amides is 3. The number of hydrogen-bond donors (Lipinski definition) is 1. The van der Waals surface area contributed by atoms with Gasteiger partial charge in [-0.15, -0.1) is 0 Å². The maximum atomic E-state index is 13.0. The van der Waals surface area contributed by atoms with Gasteiger partial charge in [0, 0.05) is 18.8 Å². The number of nitrogens with one attached hydrogen (secondary N) is 1. The van der Waals surface area contributed by atoms with E-state index in [9.17, 15) is 14.0 Å². The molecule has 0 unspecified atom stereocenters. The van der Waals surface area contributed by atoms with Gasteiger partial charge in [0.2, 0.25) is 0 Å². The van der Waals surface area contributed by atoms with Crippen LogP contribution in [0.1, 0.15) is 18.1 Å². The van der Waals surface area contributed by atoms with Crippen LogP contribution in [-0.4, -0.2) is 26.6 Å². The summed E-state index contributed by atoms with van der Waals surface area (Å²) in [7, 11) is 1.76. The Morgan fingerprint density at radius 2 is 1.95 bits per heavy atom. The lowest BCUT2D eigenvalue weighted by Crippen LogP contribution is -2.40. The molecule has 1 aromatic heterocycles. The fraction of sp³-hybridized carbons (Fsp3) is 0.267. The number of aromatic nitrogens is 2. The van der Waals surface area contributed by atoms with E-state index in [4.69, 9.17) is 0 Å². The smallest absolute Gasteiger partial charge is 0.319 e. The fourth-order valence-corrected chi connectivity index (χ4v) is 2.56. The lowest BCUT2D eigenvalue weighted by Gasteiger charge is -2.22. The van der Waals surface area contributed by atoms with Gasteiger partial charge in [-0.05, 0) is 24.6 Å². The highest BCUT2D eigenvalue weighted by Crippen LogP contribution is 2.29. The Labute approximate surface area is 126 Å². The van der Waals surface area contributed by atoms with Crippen molar-refractivity contribution in [3.8, 4) is 0 Å². The van der Waals surface area contributed by atoms with E-state index in [0.29, 0.717) is 5.56 Å². The monoisotopic (exact) mass is 302 g/mol. The van der Waals surface area contributed by atoms with Gasteiger partial charge in [0.15, 0.2) is 0 Å². The first-order chi connectivity index (χ1) is 10.4. The minimum absolute atomic E-state index is 0.148. The maximum Gasteiger partial charge on any atom is 0.325 e. The van der Waals surface area contributed by atoms with Crippen molar-refractivity contribution < 1.29 is 14.0 Å². The summed E-state index contributed by atoms with van der Waals surface area (Å²) in [5.41, 5.74) is 0.114. The van der Waals surface area contributed by atoms with Crippen LogP contribution in [0.5, 0.6) is 0 Å². The van der Waals surface area contributed by atoms with E-state index < -0.39 is 17.4 Å². The molecular weight excluding hydrogens is 287 g/mol. The van der Waals surface area contributed by atoms with Crippen LogP contribution < -0.4 is 5.32 Å². The average Bonchev–Trinajstić information content (AvgIpc) is 2.97. The summed E-state index contributed by atoms with van der Waals surface area (Å²) >= 11 is 0. The van der Waals surface area contributed by atoms with Crippen molar-refractivity contribution in [3.05, 3.63) is 53.6 Å². The number of benzene rings is 1. The second-order valence-electron chi connectivity index (χ2n) is 5.48. The summed E-state index contributed by atoms with van der Waals surface area (Å²) in [6.07, 6.45) is 3.35. The third-order valence-electron chi connectivity index (χ3n) is 3.80. The third kappa shape index (κ3) is 2.24. The highest BCUT2D eigenvalue weighted by atomic mass is 19.1. The van der Waals surface area contributed by atoms with Gasteiger partial charge >= 0.3 is 6.03 Å². The summed E-state index contributed by atoms with van der Waals surface area (Å²) in [6, 6.07) is 5.07. The molecule has 0 bridgehead atoms. The normalized spacial score (nSPS) is 21.3. The molecule has 1 aliphatic rings. The first-order valence-electron chi connectivity index (χ1n) is 6.78. The SMILES string of the molecule is Cn1cc(CN2C(=O)N[C@@](C)(c3ccc(F)cc3)C2=O)cn1. The summed E-state index contributed by atoms with van der Waals surface area (Å²) in [6.45, 7) is 1.76. The minimum Gasteiger partial charge on any atom is -0.319 e. The lowest BCUT2D eigenvalue weighted by molar-refractivity contribution is -0.131. The topological polar surface area (TPSA) is 67.2 Å². The van der Waals surface area contributed by atoms with Gasteiger partial charge in [0.1, 0.15) is 11.4 Å². The van der Waals surface area contributed by atoms with Crippen LogP contribution in [0.3, 0.4) is 0 Å². The number of carbonyl (C=O) groups excluding carboxylic acids is 2. The Balaban J connectivity index is 1.88. The number of halogens is 1. The fourth-order valence-electron chi connectivity index (χ4n) is 2.56. The van der Waals surface area contributed by atoms with E-state index in [1.165, 1.54) is 24.3 Å². The predicted molar refractivity (Wildman–Crippen MR) is 76.0 cm³/mol. The molecule has 0 spiro atoms. The molecule has 114 valence electrons. The number of aryl methyl sites for hydroxylation is 1. The largest absolute Gasteiger partial charge is 0.325 e. The van der Waals surface area contributed by atoms with E-state index in [2.05, 4.69) is 10.4 Å². The standard InChI is InChI=1S/C15H15FN4O2/c1-15(11-3-5-12(16)6-4-11)13(21)20(14(22)18-15)9-10-7-17-19(2)8-10/h3-8H,9H2,1-2H3,(H,18,22)/t15-/m0/s1. The molecule has 0 aliphatic carbocycles. The molecule has 7 heteroatoms. The average molecular weight is 302 g/mol. The van der Waals surface area contributed by atoms with Crippen molar-refractivity contribution in [1.29, 1.82) is 0 Å². The van der Waals surface area contributed by atoms with E-state index in [1.54, 1.807) is 31.0 Å².